The summed E-state index contributed by atoms with van der Waals surface area (Å²) in [5.74, 6) is 0.454. The van der Waals surface area contributed by atoms with Crippen molar-refractivity contribution in [1.82, 2.24) is 9.97 Å². The Morgan fingerprint density at radius 3 is 2.47 bits per heavy atom. The van der Waals surface area contributed by atoms with Crippen LogP contribution >= 0.6 is 11.6 Å². The van der Waals surface area contributed by atoms with Crippen LogP contribution in [0.25, 0.3) is 0 Å². The molecule has 7 heteroatoms. The average Bonchev–Trinajstić information content (AvgIpc) is 2.37. The molecule has 0 atom stereocenters. The van der Waals surface area contributed by atoms with Gasteiger partial charge in [0.2, 0.25) is 5.95 Å². The highest BCUT2D eigenvalue weighted by molar-refractivity contribution is 6.29. The van der Waals surface area contributed by atoms with E-state index in [9.17, 15) is 0 Å². The summed E-state index contributed by atoms with van der Waals surface area (Å²) in [7, 11) is 0. The van der Waals surface area contributed by atoms with E-state index >= 15 is 0 Å². The van der Waals surface area contributed by atoms with Gasteiger partial charge in [0.1, 0.15) is 23.1 Å². The van der Waals surface area contributed by atoms with Gasteiger partial charge in [-0.25, -0.2) is 4.98 Å². The summed E-state index contributed by atoms with van der Waals surface area (Å²) in [5, 5.41) is 20.9. The molecule has 0 spiro atoms. The van der Waals surface area contributed by atoms with Crippen molar-refractivity contribution in [2.45, 2.75) is 0 Å². The summed E-state index contributed by atoms with van der Waals surface area (Å²) in [5.41, 5.74) is 6.67. The van der Waals surface area contributed by atoms with Gasteiger partial charge in [-0.2, -0.15) is 15.5 Å². The van der Waals surface area contributed by atoms with Gasteiger partial charge in [-0.05, 0) is 18.2 Å². The SMILES string of the molecule is N#Cc1ccc(Nc2cc(Cl)nc(N)n2)cc1C#N. The lowest BCUT2D eigenvalue weighted by molar-refractivity contribution is 1.18. The molecule has 0 unspecified atom stereocenters. The highest BCUT2D eigenvalue weighted by Crippen LogP contribution is 2.20. The van der Waals surface area contributed by atoms with E-state index in [0.717, 1.165) is 0 Å². The van der Waals surface area contributed by atoms with Gasteiger partial charge in [0.15, 0.2) is 0 Å². The summed E-state index contributed by atoms with van der Waals surface area (Å²) in [6, 6.07) is 10.1. The number of rotatable bonds is 2. The van der Waals surface area contributed by atoms with Crippen LogP contribution in [0.5, 0.6) is 0 Å². The maximum atomic E-state index is 8.93. The van der Waals surface area contributed by atoms with Gasteiger partial charge < -0.3 is 11.1 Å². The second kappa shape index (κ2) is 5.21. The van der Waals surface area contributed by atoms with Crippen LogP contribution in [0.4, 0.5) is 17.5 Å². The number of aromatic nitrogens is 2. The van der Waals surface area contributed by atoms with Crippen molar-refractivity contribution >= 4 is 29.1 Å². The Balaban J connectivity index is 2.34. The number of nitrogens with one attached hydrogen (secondary N) is 1. The van der Waals surface area contributed by atoms with Crippen molar-refractivity contribution in [2.24, 2.45) is 0 Å². The molecular weight excluding hydrogens is 264 g/mol. The van der Waals surface area contributed by atoms with Crippen LogP contribution in [-0.2, 0) is 0 Å². The van der Waals surface area contributed by atoms with Crippen molar-refractivity contribution in [3.63, 3.8) is 0 Å². The predicted octanol–water partition coefficient (Wildman–Crippen LogP) is 2.20. The molecule has 0 fully saturated rings. The second-order valence-electron chi connectivity index (χ2n) is 3.54. The Hall–Kier alpha value is -2.83. The molecule has 6 nitrogen and oxygen atoms in total. The number of nitrogens with two attached hydrogens (primary N) is 1. The summed E-state index contributed by atoms with van der Waals surface area (Å²) in [6.45, 7) is 0. The molecule has 0 amide bonds. The van der Waals surface area contributed by atoms with Crippen LogP contribution in [0.3, 0.4) is 0 Å². The monoisotopic (exact) mass is 270 g/mol. The molecule has 3 N–H and O–H groups in total. The molecule has 0 bridgehead atoms. The highest BCUT2D eigenvalue weighted by Gasteiger charge is 2.05. The first kappa shape index (κ1) is 12.6. The minimum absolute atomic E-state index is 0.0455. The van der Waals surface area contributed by atoms with Crippen LogP contribution in [0.2, 0.25) is 5.15 Å². The molecule has 0 saturated carbocycles. The lowest BCUT2D eigenvalue weighted by atomic mass is 10.1. The second-order valence-corrected chi connectivity index (χ2v) is 3.93. The maximum absolute atomic E-state index is 8.93. The molecule has 0 saturated heterocycles. The number of nitrogen functional groups attached to an aromatic ring is 1. The fraction of sp³-hybridized carbons (Fsp3) is 0. The molecule has 0 radical (unpaired) electrons. The quantitative estimate of drug-likeness (QED) is 0.809. The van der Waals surface area contributed by atoms with Crippen molar-refractivity contribution < 1.29 is 0 Å². The fourth-order valence-corrected chi connectivity index (χ4v) is 1.65. The molecular formula is C12H7ClN6. The Morgan fingerprint density at radius 2 is 1.84 bits per heavy atom. The number of hydrogen-bond acceptors (Lipinski definition) is 6. The van der Waals surface area contributed by atoms with Gasteiger partial charge in [-0.3, -0.25) is 0 Å². The lowest BCUT2D eigenvalue weighted by Crippen LogP contribution is -2.00. The number of anilines is 3. The smallest absolute Gasteiger partial charge is 0.223 e. The summed E-state index contributed by atoms with van der Waals surface area (Å²) < 4.78 is 0. The summed E-state index contributed by atoms with van der Waals surface area (Å²) >= 11 is 5.76. The molecule has 0 aliphatic carbocycles. The predicted molar refractivity (Wildman–Crippen MR) is 70.6 cm³/mol. The zero-order valence-electron chi connectivity index (χ0n) is 9.55. The van der Waals surface area contributed by atoms with E-state index in [4.69, 9.17) is 27.9 Å². The minimum Gasteiger partial charge on any atom is -0.368 e. The van der Waals surface area contributed by atoms with E-state index in [-0.39, 0.29) is 16.7 Å². The van der Waals surface area contributed by atoms with E-state index in [1.807, 2.05) is 12.1 Å². The number of nitriles is 2. The Bertz CT molecular complexity index is 693. The molecule has 19 heavy (non-hydrogen) atoms. The van der Waals surface area contributed by atoms with E-state index in [2.05, 4.69) is 15.3 Å². The van der Waals surface area contributed by atoms with Crippen molar-refractivity contribution in [3.05, 3.63) is 40.5 Å². The van der Waals surface area contributed by atoms with E-state index < -0.39 is 0 Å². The molecule has 2 aromatic rings. The molecule has 92 valence electrons. The van der Waals surface area contributed by atoms with Crippen LogP contribution in [0.1, 0.15) is 11.1 Å². The molecule has 0 aliphatic heterocycles. The van der Waals surface area contributed by atoms with Gasteiger partial charge >= 0.3 is 0 Å². The molecule has 1 heterocycles. The van der Waals surface area contributed by atoms with Crippen molar-refractivity contribution in [1.29, 1.82) is 10.5 Å². The van der Waals surface area contributed by atoms with Gasteiger partial charge in [0.25, 0.3) is 0 Å². The zero-order valence-corrected chi connectivity index (χ0v) is 10.3. The van der Waals surface area contributed by atoms with Gasteiger partial charge in [0, 0.05) is 11.8 Å². The Morgan fingerprint density at radius 1 is 1.11 bits per heavy atom. The largest absolute Gasteiger partial charge is 0.368 e. The van der Waals surface area contributed by atoms with Gasteiger partial charge in [0.05, 0.1) is 11.1 Å². The third-order valence-corrected chi connectivity index (χ3v) is 2.44. The van der Waals surface area contributed by atoms with Crippen LogP contribution in [0.15, 0.2) is 24.3 Å². The fourth-order valence-electron chi connectivity index (χ4n) is 1.46. The number of halogens is 1. The topological polar surface area (TPSA) is 111 Å². The third-order valence-electron chi connectivity index (χ3n) is 2.25. The first-order chi connectivity index (χ1) is 9.12. The first-order valence-electron chi connectivity index (χ1n) is 5.13. The molecule has 0 aliphatic rings. The summed E-state index contributed by atoms with van der Waals surface area (Å²) in [6.07, 6.45) is 0. The number of nitrogens with zero attached hydrogens (tertiary/aromatic N) is 4. The highest BCUT2D eigenvalue weighted by atomic mass is 35.5. The van der Waals surface area contributed by atoms with Gasteiger partial charge in [-0.15, -0.1) is 0 Å². The number of benzene rings is 1. The average molecular weight is 271 g/mol. The van der Waals surface area contributed by atoms with Crippen molar-refractivity contribution in [2.75, 3.05) is 11.1 Å². The van der Waals surface area contributed by atoms with E-state index in [1.165, 1.54) is 6.07 Å². The molecule has 1 aromatic carbocycles. The Kier molecular flexibility index (Phi) is 3.46. The lowest BCUT2D eigenvalue weighted by Gasteiger charge is -2.07. The van der Waals surface area contributed by atoms with E-state index in [0.29, 0.717) is 17.1 Å². The third kappa shape index (κ3) is 2.89. The van der Waals surface area contributed by atoms with Gasteiger partial charge in [-0.1, -0.05) is 11.6 Å². The molecule has 2 rings (SSSR count). The van der Waals surface area contributed by atoms with Crippen LogP contribution in [0, 0.1) is 22.7 Å². The standard InChI is InChI=1S/C12H7ClN6/c13-10-4-11(19-12(16)18-10)17-9-2-1-7(5-14)8(3-9)6-15/h1-4H,(H3,16,17,18,19). The zero-order chi connectivity index (χ0) is 13.8. The normalized spacial score (nSPS) is 9.42. The van der Waals surface area contributed by atoms with E-state index in [1.54, 1.807) is 18.2 Å². The van der Waals surface area contributed by atoms with Crippen molar-refractivity contribution in [3.8, 4) is 12.1 Å². The maximum Gasteiger partial charge on any atom is 0.223 e. The first-order valence-corrected chi connectivity index (χ1v) is 5.51. The summed E-state index contributed by atoms with van der Waals surface area (Å²) in [4.78, 5) is 7.68. The van der Waals surface area contributed by atoms with Crippen LogP contribution < -0.4 is 11.1 Å². The minimum atomic E-state index is 0.0455. The Labute approximate surface area is 114 Å². The number of hydrogen-bond donors (Lipinski definition) is 2. The van der Waals surface area contributed by atoms with Crippen LogP contribution in [-0.4, -0.2) is 9.97 Å². The molecule has 1 aromatic heterocycles.